The summed E-state index contributed by atoms with van der Waals surface area (Å²) in [6, 6.07) is 11.4. The van der Waals surface area contributed by atoms with Crippen molar-refractivity contribution < 1.29 is 4.79 Å². The molecule has 2 aromatic rings. The van der Waals surface area contributed by atoms with Crippen molar-refractivity contribution in [1.29, 1.82) is 0 Å². The Balaban J connectivity index is 2.00. The minimum atomic E-state index is -0.188. The molecule has 0 saturated heterocycles. The number of nitrogens with zero attached hydrogens (tertiary/aromatic N) is 2. The summed E-state index contributed by atoms with van der Waals surface area (Å²) in [5.74, 6) is -0.188. The number of carbonyl (C=O) groups is 1. The molecule has 0 aliphatic carbocycles. The molecule has 0 radical (unpaired) electrons. The summed E-state index contributed by atoms with van der Waals surface area (Å²) >= 11 is 0. The lowest BCUT2D eigenvalue weighted by Crippen LogP contribution is -2.19. The SMILES string of the molecule is CCCCN(C)c1ccc(C(=O)Nc2ccc(C)cc2)nc1. The molecule has 4 nitrogen and oxygen atoms in total. The van der Waals surface area contributed by atoms with Gasteiger partial charge in [0, 0.05) is 19.3 Å². The van der Waals surface area contributed by atoms with Crippen LogP contribution in [0.4, 0.5) is 11.4 Å². The van der Waals surface area contributed by atoms with E-state index < -0.39 is 0 Å². The van der Waals surface area contributed by atoms with Crippen LogP contribution in [-0.2, 0) is 0 Å². The van der Waals surface area contributed by atoms with Gasteiger partial charge in [0.25, 0.3) is 5.91 Å². The van der Waals surface area contributed by atoms with Gasteiger partial charge in [0.05, 0.1) is 11.9 Å². The highest BCUT2D eigenvalue weighted by molar-refractivity contribution is 6.02. The van der Waals surface area contributed by atoms with Gasteiger partial charge in [-0.25, -0.2) is 4.98 Å². The molecule has 1 heterocycles. The third kappa shape index (κ3) is 4.32. The van der Waals surface area contributed by atoms with Gasteiger partial charge in [0.2, 0.25) is 0 Å². The number of pyridine rings is 1. The van der Waals surface area contributed by atoms with Crippen molar-refractivity contribution in [2.24, 2.45) is 0 Å². The van der Waals surface area contributed by atoms with E-state index in [1.807, 2.05) is 44.3 Å². The van der Waals surface area contributed by atoms with E-state index in [2.05, 4.69) is 22.1 Å². The Hall–Kier alpha value is -2.36. The van der Waals surface area contributed by atoms with E-state index in [1.54, 1.807) is 12.3 Å². The van der Waals surface area contributed by atoms with Crippen LogP contribution in [-0.4, -0.2) is 24.5 Å². The first-order valence-corrected chi connectivity index (χ1v) is 7.65. The molecule has 0 saturated carbocycles. The number of amides is 1. The Morgan fingerprint density at radius 1 is 1.18 bits per heavy atom. The summed E-state index contributed by atoms with van der Waals surface area (Å²) in [5.41, 5.74) is 3.39. The Labute approximate surface area is 132 Å². The van der Waals surface area contributed by atoms with Crippen molar-refractivity contribution in [2.75, 3.05) is 23.8 Å². The zero-order valence-corrected chi connectivity index (χ0v) is 13.5. The van der Waals surface area contributed by atoms with E-state index in [4.69, 9.17) is 0 Å². The molecule has 0 unspecified atom stereocenters. The lowest BCUT2D eigenvalue weighted by molar-refractivity contribution is 0.102. The first-order chi connectivity index (χ1) is 10.6. The number of hydrogen-bond donors (Lipinski definition) is 1. The smallest absolute Gasteiger partial charge is 0.274 e. The van der Waals surface area contributed by atoms with Gasteiger partial charge in [-0.15, -0.1) is 0 Å². The molecule has 0 fully saturated rings. The molecule has 2 rings (SSSR count). The molecule has 0 aliphatic heterocycles. The molecule has 1 aromatic carbocycles. The zero-order chi connectivity index (χ0) is 15.9. The summed E-state index contributed by atoms with van der Waals surface area (Å²) in [6.45, 7) is 5.18. The van der Waals surface area contributed by atoms with Crippen LogP contribution in [0.2, 0.25) is 0 Å². The molecular formula is C18H23N3O. The van der Waals surface area contributed by atoms with Gasteiger partial charge >= 0.3 is 0 Å². The number of nitrogens with one attached hydrogen (secondary N) is 1. The van der Waals surface area contributed by atoms with Crippen molar-refractivity contribution in [1.82, 2.24) is 4.98 Å². The molecule has 22 heavy (non-hydrogen) atoms. The van der Waals surface area contributed by atoms with E-state index >= 15 is 0 Å². The topological polar surface area (TPSA) is 45.2 Å². The largest absolute Gasteiger partial charge is 0.373 e. The number of hydrogen-bond acceptors (Lipinski definition) is 3. The van der Waals surface area contributed by atoms with E-state index in [-0.39, 0.29) is 5.91 Å². The predicted molar refractivity (Wildman–Crippen MR) is 91.5 cm³/mol. The average Bonchev–Trinajstić information content (AvgIpc) is 2.55. The highest BCUT2D eigenvalue weighted by Gasteiger charge is 2.08. The Kier molecular flexibility index (Phi) is 5.53. The number of rotatable bonds is 6. The van der Waals surface area contributed by atoms with Crippen LogP contribution in [0.25, 0.3) is 0 Å². The molecule has 1 aromatic heterocycles. The highest BCUT2D eigenvalue weighted by Crippen LogP contribution is 2.14. The van der Waals surface area contributed by atoms with E-state index in [9.17, 15) is 4.79 Å². The summed E-state index contributed by atoms with van der Waals surface area (Å²) in [6.07, 6.45) is 4.06. The van der Waals surface area contributed by atoms with Gasteiger partial charge in [0.15, 0.2) is 0 Å². The van der Waals surface area contributed by atoms with Gasteiger partial charge in [-0.3, -0.25) is 4.79 Å². The molecule has 4 heteroatoms. The monoisotopic (exact) mass is 297 g/mol. The Morgan fingerprint density at radius 3 is 2.50 bits per heavy atom. The normalized spacial score (nSPS) is 10.3. The number of aromatic nitrogens is 1. The van der Waals surface area contributed by atoms with Crippen LogP contribution in [0.15, 0.2) is 42.6 Å². The summed E-state index contributed by atoms with van der Waals surface area (Å²) in [7, 11) is 2.04. The van der Waals surface area contributed by atoms with Gasteiger partial charge in [0.1, 0.15) is 5.69 Å². The summed E-state index contributed by atoms with van der Waals surface area (Å²) < 4.78 is 0. The van der Waals surface area contributed by atoms with Gasteiger partial charge in [-0.1, -0.05) is 31.0 Å². The highest BCUT2D eigenvalue weighted by atomic mass is 16.1. The summed E-state index contributed by atoms with van der Waals surface area (Å²) in [5, 5.41) is 2.85. The fraction of sp³-hybridized carbons (Fsp3) is 0.333. The lowest BCUT2D eigenvalue weighted by Gasteiger charge is -2.18. The zero-order valence-electron chi connectivity index (χ0n) is 13.5. The third-order valence-electron chi connectivity index (χ3n) is 3.58. The Bertz CT molecular complexity index is 605. The molecule has 1 amide bonds. The number of unbranched alkanes of at least 4 members (excludes halogenated alkanes) is 1. The standard InChI is InChI=1S/C18H23N3O/c1-4-5-12-21(3)16-10-11-17(19-13-16)18(22)20-15-8-6-14(2)7-9-15/h6-11,13H,4-5,12H2,1-3H3,(H,20,22). The second kappa shape index (κ2) is 7.59. The van der Waals surface area contributed by atoms with Crippen LogP contribution in [0.3, 0.4) is 0 Å². The van der Waals surface area contributed by atoms with Crippen LogP contribution in [0.5, 0.6) is 0 Å². The Morgan fingerprint density at radius 2 is 1.91 bits per heavy atom. The minimum Gasteiger partial charge on any atom is -0.373 e. The van der Waals surface area contributed by atoms with E-state index in [1.165, 1.54) is 0 Å². The van der Waals surface area contributed by atoms with Crippen LogP contribution in [0, 0.1) is 6.92 Å². The maximum atomic E-state index is 12.2. The lowest BCUT2D eigenvalue weighted by atomic mass is 10.2. The molecule has 0 atom stereocenters. The fourth-order valence-electron chi connectivity index (χ4n) is 2.10. The first kappa shape index (κ1) is 16.0. The number of anilines is 2. The summed E-state index contributed by atoms with van der Waals surface area (Å²) in [4.78, 5) is 18.6. The van der Waals surface area contributed by atoms with Crippen molar-refractivity contribution in [3.63, 3.8) is 0 Å². The molecule has 0 bridgehead atoms. The minimum absolute atomic E-state index is 0.188. The van der Waals surface area contributed by atoms with Gasteiger partial charge < -0.3 is 10.2 Å². The van der Waals surface area contributed by atoms with Crippen LogP contribution in [0.1, 0.15) is 35.8 Å². The maximum absolute atomic E-state index is 12.2. The van der Waals surface area contributed by atoms with Gasteiger partial charge in [-0.05, 0) is 37.6 Å². The third-order valence-corrected chi connectivity index (χ3v) is 3.58. The number of benzene rings is 1. The van der Waals surface area contributed by atoms with Crippen molar-refractivity contribution >= 4 is 17.3 Å². The quantitative estimate of drug-likeness (QED) is 0.880. The number of aryl methyl sites for hydroxylation is 1. The van der Waals surface area contributed by atoms with E-state index in [0.717, 1.165) is 36.3 Å². The van der Waals surface area contributed by atoms with Crippen LogP contribution < -0.4 is 10.2 Å². The van der Waals surface area contributed by atoms with E-state index in [0.29, 0.717) is 5.69 Å². The molecule has 116 valence electrons. The van der Waals surface area contributed by atoms with Crippen molar-refractivity contribution in [3.05, 3.63) is 53.9 Å². The molecule has 0 spiro atoms. The van der Waals surface area contributed by atoms with Crippen LogP contribution >= 0.6 is 0 Å². The molecular weight excluding hydrogens is 274 g/mol. The number of carbonyl (C=O) groups excluding carboxylic acids is 1. The first-order valence-electron chi connectivity index (χ1n) is 7.65. The van der Waals surface area contributed by atoms with Crippen molar-refractivity contribution in [3.8, 4) is 0 Å². The molecule has 0 aliphatic rings. The average molecular weight is 297 g/mol. The molecule has 1 N–H and O–H groups in total. The second-order valence-electron chi connectivity index (χ2n) is 5.50. The van der Waals surface area contributed by atoms with Gasteiger partial charge in [-0.2, -0.15) is 0 Å². The fourth-order valence-corrected chi connectivity index (χ4v) is 2.10. The van der Waals surface area contributed by atoms with Crippen molar-refractivity contribution in [2.45, 2.75) is 26.7 Å². The second-order valence-corrected chi connectivity index (χ2v) is 5.50. The predicted octanol–water partition coefficient (Wildman–Crippen LogP) is 3.88. The maximum Gasteiger partial charge on any atom is 0.274 e.